The van der Waals surface area contributed by atoms with Crippen LogP contribution in [-0.4, -0.2) is 30.4 Å². The number of rotatable bonds is 1. The predicted octanol–water partition coefficient (Wildman–Crippen LogP) is 2.26. The van der Waals surface area contributed by atoms with Gasteiger partial charge in [-0.2, -0.15) is 0 Å². The normalized spacial score (nSPS) is 46.1. The quantitative estimate of drug-likeness (QED) is 0.831. The molecule has 1 aliphatic heterocycles. The first-order valence-electron chi connectivity index (χ1n) is 8.28. The first kappa shape index (κ1) is 12.5. The second-order valence-electron chi connectivity index (χ2n) is 7.72. The molecule has 1 heterocycles. The summed E-state index contributed by atoms with van der Waals surface area (Å²) in [6.07, 6.45) is 6.69. The summed E-state index contributed by atoms with van der Waals surface area (Å²) < 4.78 is 5.48. The smallest absolute Gasteiger partial charge is 0.119 e. The average Bonchev–Trinajstić information content (AvgIpc) is 3.00. The Kier molecular flexibility index (Phi) is 2.16. The number of benzene rings is 1. The van der Waals surface area contributed by atoms with E-state index >= 15 is 0 Å². The molecule has 1 aromatic rings. The third-order valence-electron chi connectivity index (χ3n) is 7.05. The van der Waals surface area contributed by atoms with Crippen molar-refractivity contribution in [1.29, 1.82) is 0 Å². The van der Waals surface area contributed by atoms with E-state index in [0.717, 1.165) is 44.4 Å². The number of aliphatic hydroxyl groups is 1. The van der Waals surface area contributed by atoms with Crippen molar-refractivity contribution in [2.75, 3.05) is 13.7 Å². The lowest BCUT2D eigenvalue weighted by atomic mass is 9.53. The SMILES string of the molecule is COc1ccc2c(c1)C13CCCCC1(O)C1CC2(CN1)C3. The Morgan fingerprint density at radius 2 is 2.10 bits per heavy atom. The van der Waals surface area contributed by atoms with Crippen LogP contribution in [0.15, 0.2) is 18.2 Å². The van der Waals surface area contributed by atoms with Crippen LogP contribution in [0.3, 0.4) is 0 Å². The molecule has 3 heteroatoms. The molecule has 4 atom stereocenters. The maximum Gasteiger partial charge on any atom is 0.119 e. The second-order valence-corrected chi connectivity index (χ2v) is 7.72. The van der Waals surface area contributed by atoms with Gasteiger partial charge in [0.25, 0.3) is 0 Å². The van der Waals surface area contributed by atoms with E-state index in [2.05, 4.69) is 23.5 Å². The van der Waals surface area contributed by atoms with Crippen LogP contribution in [0.25, 0.3) is 0 Å². The minimum absolute atomic E-state index is 0.0401. The zero-order valence-corrected chi connectivity index (χ0v) is 12.6. The zero-order valence-electron chi connectivity index (χ0n) is 12.6. The van der Waals surface area contributed by atoms with Gasteiger partial charge in [0.15, 0.2) is 0 Å². The van der Waals surface area contributed by atoms with E-state index in [1.54, 1.807) is 7.11 Å². The summed E-state index contributed by atoms with van der Waals surface area (Å²) in [7, 11) is 1.74. The Bertz CT molecular complexity index is 630. The average molecular weight is 285 g/mol. The van der Waals surface area contributed by atoms with Gasteiger partial charge in [0.1, 0.15) is 5.75 Å². The third kappa shape index (κ3) is 1.21. The van der Waals surface area contributed by atoms with Crippen molar-refractivity contribution >= 4 is 0 Å². The van der Waals surface area contributed by atoms with Gasteiger partial charge in [-0.25, -0.2) is 0 Å². The molecular formula is C18H23NO2. The lowest BCUT2D eigenvalue weighted by molar-refractivity contribution is -0.109. The summed E-state index contributed by atoms with van der Waals surface area (Å²) in [5.74, 6) is 0.934. The fourth-order valence-corrected chi connectivity index (χ4v) is 6.20. The number of hydrogen-bond donors (Lipinski definition) is 2. The fraction of sp³-hybridized carbons (Fsp3) is 0.667. The van der Waals surface area contributed by atoms with Crippen LogP contribution in [-0.2, 0) is 10.8 Å². The van der Waals surface area contributed by atoms with E-state index in [4.69, 9.17) is 4.74 Å². The van der Waals surface area contributed by atoms with Crippen molar-refractivity contribution in [3.05, 3.63) is 29.3 Å². The van der Waals surface area contributed by atoms with Crippen molar-refractivity contribution in [3.63, 3.8) is 0 Å². The van der Waals surface area contributed by atoms with E-state index in [1.807, 2.05) is 0 Å². The molecule has 2 N–H and O–H groups in total. The molecule has 112 valence electrons. The highest BCUT2D eigenvalue weighted by Crippen LogP contribution is 2.67. The Morgan fingerprint density at radius 1 is 1.24 bits per heavy atom. The molecule has 0 radical (unpaired) electrons. The Balaban J connectivity index is 1.81. The molecule has 3 fully saturated rings. The van der Waals surface area contributed by atoms with Gasteiger partial charge < -0.3 is 15.2 Å². The minimum Gasteiger partial charge on any atom is -0.497 e. The molecule has 3 aliphatic carbocycles. The Hall–Kier alpha value is -1.06. The summed E-state index contributed by atoms with van der Waals surface area (Å²) in [5, 5.41) is 15.3. The predicted molar refractivity (Wildman–Crippen MR) is 80.8 cm³/mol. The lowest BCUT2D eigenvalue weighted by Crippen LogP contribution is -2.63. The molecule has 5 rings (SSSR count). The third-order valence-corrected chi connectivity index (χ3v) is 7.05. The van der Waals surface area contributed by atoms with Crippen LogP contribution in [0.2, 0.25) is 0 Å². The molecule has 0 aromatic heterocycles. The number of hydrogen-bond acceptors (Lipinski definition) is 3. The number of ether oxygens (including phenoxy) is 1. The Labute approximate surface area is 125 Å². The molecular weight excluding hydrogens is 262 g/mol. The summed E-state index contributed by atoms with van der Waals surface area (Å²) in [5.41, 5.74) is 2.53. The van der Waals surface area contributed by atoms with E-state index < -0.39 is 5.60 Å². The maximum absolute atomic E-state index is 11.7. The van der Waals surface area contributed by atoms with Gasteiger partial charge >= 0.3 is 0 Å². The van der Waals surface area contributed by atoms with Gasteiger partial charge in [-0.15, -0.1) is 0 Å². The van der Waals surface area contributed by atoms with Crippen LogP contribution >= 0.6 is 0 Å². The van der Waals surface area contributed by atoms with Crippen LogP contribution < -0.4 is 10.1 Å². The van der Waals surface area contributed by atoms with E-state index in [9.17, 15) is 5.11 Å². The lowest BCUT2D eigenvalue weighted by Gasteiger charge is -2.55. The van der Waals surface area contributed by atoms with Gasteiger partial charge in [0.05, 0.1) is 12.7 Å². The van der Waals surface area contributed by atoms with Gasteiger partial charge in [-0.1, -0.05) is 18.9 Å². The largest absolute Gasteiger partial charge is 0.497 e. The van der Waals surface area contributed by atoms with Gasteiger partial charge in [0.2, 0.25) is 0 Å². The zero-order chi connectivity index (χ0) is 14.3. The van der Waals surface area contributed by atoms with E-state index in [0.29, 0.717) is 0 Å². The number of methoxy groups -OCH3 is 1. The van der Waals surface area contributed by atoms with Gasteiger partial charge in [0, 0.05) is 23.4 Å². The first-order chi connectivity index (χ1) is 10.1. The molecule has 3 nitrogen and oxygen atoms in total. The molecule has 21 heavy (non-hydrogen) atoms. The molecule has 1 saturated heterocycles. The van der Waals surface area contributed by atoms with Crippen LogP contribution in [0, 0.1) is 0 Å². The monoisotopic (exact) mass is 285 g/mol. The molecule has 0 amide bonds. The molecule has 1 aromatic carbocycles. The van der Waals surface area contributed by atoms with Crippen molar-refractivity contribution in [1.82, 2.24) is 5.32 Å². The first-order valence-corrected chi connectivity index (χ1v) is 8.28. The highest BCUT2D eigenvalue weighted by atomic mass is 16.5. The van der Waals surface area contributed by atoms with E-state index in [-0.39, 0.29) is 16.9 Å². The molecule has 4 unspecified atom stereocenters. The fourth-order valence-electron chi connectivity index (χ4n) is 6.20. The van der Waals surface area contributed by atoms with Crippen LogP contribution in [0.4, 0.5) is 0 Å². The van der Waals surface area contributed by atoms with E-state index in [1.165, 1.54) is 17.5 Å². The van der Waals surface area contributed by atoms with Gasteiger partial charge in [-0.05, 0) is 48.9 Å². The van der Waals surface area contributed by atoms with Crippen molar-refractivity contribution in [2.45, 2.75) is 61.0 Å². The summed E-state index contributed by atoms with van der Waals surface area (Å²) in [6, 6.07) is 6.86. The highest BCUT2D eigenvalue weighted by molar-refractivity contribution is 5.56. The topological polar surface area (TPSA) is 41.5 Å². The van der Waals surface area contributed by atoms with Crippen LogP contribution in [0.5, 0.6) is 5.75 Å². The standard InChI is InChI=1S/C18H23NO2/c1-21-12-4-5-13-14(8-12)17-6-2-3-7-18(17,20)15-9-16(13,10-17)11-19-15/h4-5,8,15,19-20H,2-3,6-7,9-11H2,1H3. The minimum atomic E-state index is -0.567. The number of fused-ring (bicyclic) bond motifs is 3. The Morgan fingerprint density at radius 3 is 2.95 bits per heavy atom. The summed E-state index contributed by atoms with van der Waals surface area (Å²) in [4.78, 5) is 0. The number of nitrogens with one attached hydrogen (secondary N) is 1. The maximum atomic E-state index is 11.7. The van der Waals surface area contributed by atoms with Gasteiger partial charge in [-0.3, -0.25) is 0 Å². The highest BCUT2D eigenvalue weighted by Gasteiger charge is 2.71. The molecule has 4 aliphatic rings. The van der Waals surface area contributed by atoms with Crippen molar-refractivity contribution in [3.8, 4) is 5.75 Å². The van der Waals surface area contributed by atoms with Crippen LogP contribution in [0.1, 0.15) is 49.7 Å². The molecule has 2 spiro atoms. The molecule has 3 bridgehead atoms. The molecule has 2 saturated carbocycles. The summed E-state index contributed by atoms with van der Waals surface area (Å²) in [6.45, 7) is 1.03. The van der Waals surface area contributed by atoms with Crippen molar-refractivity contribution < 1.29 is 9.84 Å². The second kappa shape index (κ2) is 3.64. The van der Waals surface area contributed by atoms with Crippen molar-refractivity contribution in [2.24, 2.45) is 0 Å². The summed E-state index contributed by atoms with van der Waals surface area (Å²) >= 11 is 0.